The van der Waals surface area contributed by atoms with Gasteiger partial charge in [0.1, 0.15) is 17.1 Å². The molecule has 0 unspecified atom stereocenters. The molecule has 9 nitrogen and oxygen atoms in total. The summed E-state index contributed by atoms with van der Waals surface area (Å²) < 4.78 is 43.1. The van der Waals surface area contributed by atoms with Crippen LogP contribution in [-0.4, -0.2) is 58.8 Å². The summed E-state index contributed by atoms with van der Waals surface area (Å²) in [7, 11) is 1.04. The minimum atomic E-state index is -3.48. The van der Waals surface area contributed by atoms with E-state index in [1.165, 1.54) is 25.6 Å². The first-order valence-electron chi connectivity index (χ1n) is 11.0. The molecule has 34 heavy (non-hydrogen) atoms. The van der Waals surface area contributed by atoms with Crippen LogP contribution in [0.5, 0.6) is 17.2 Å². The molecular formula is C24H31N3O6S. The predicted octanol–water partition coefficient (Wildman–Crippen LogP) is 3.30. The van der Waals surface area contributed by atoms with Gasteiger partial charge in [-0.1, -0.05) is 18.6 Å². The number of ether oxygens (including phenoxy) is 3. The van der Waals surface area contributed by atoms with E-state index in [9.17, 15) is 13.2 Å². The van der Waals surface area contributed by atoms with Crippen LogP contribution in [0.25, 0.3) is 0 Å². The minimum absolute atomic E-state index is 0.220. The standard InChI is InChI=1S/C24H31N3O6S/c1-17(26-21-14-19(31-2)15-22(32-3)23(21)33-4)24(28)25-16-18-8-10-20(11-9-18)34(29,30)27-12-6-5-7-13-27/h8-11,14-15H,5-7,12-13,16H2,1-4H3,(H,25,28). The summed E-state index contributed by atoms with van der Waals surface area (Å²) in [6.07, 6.45) is 2.84. The molecule has 1 fully saturated rings. The quantitative estimate of drug-likeness (QED) is 0.542. The molecule has 1 aliphatic heterocycles. The molecule has 0 aliphatic carbocycles. The number of carbonyl (C=O) groups excluding carboxylic acids is 1. The first-order valence-corrected chi connectivity index (χ1v) is 12.5. The highest BCUT2D eigenvalue weighted by Crippen LogP contribution is 2.41. The van der Waals surface area contributed by atoms with Crippen LogP contribution in [0.2, 0.25) is 0 Å². The number of piperidine rings is 1. The summed E-state index contributed by atoms with van der Waals surface area (Å²) in [6.45, 7) is 2.94. The molecule has 0 aromatic heterocycles. The molecule has 1 aliphatic rings. The monoisotopic (exact) mass is 489 g/mol. The topological polar surface area (TPSA) is 107 Å². The van der Waals surface area contributed by atoms with Gasteiger partial charge in [-0.25, -0.2) is 13.4 Å². The van der Waals surface area contributed by atoms with Crippen molar-refractivity contribution in [3.05, 3.63) is 42.0 Å². The lowest BCUT2D eigenvalue weighted by molar-refractivity contribution is -0.115. The van der Waals surface area contributed by atoms with Gasteiger partial charge in [0.25, 0.3) is 5.91 Å². The number of hydrogen-bond donors (Lipinski definition) is 1. The van der Waals surface area contributed by atoms with Crippen molar-refractivity contribution in [2.24, 2.45) is 4.99 Å². The van der Waals surface area contributed by atoms with Gasteiger partial charge in [0.05, 0.1) is 26.2 Å². The molecule has 0 bridgehead atoms. The summed E-state index contributed by atoms with van der Waals surface area (Å²) >= 11 is 0. The number of nitrogens with one attached hydrogen (secondary N) is 1. The van der Waals surface area contributed by atoms with Crippen LogP contribution in [0.3, 0.4) is 0 Å². The van der Waals surface area contributed by atoms with E-state index in [4.69, 9.17) is 14.2 Å². The lowest BCUT2D eigenvalue weighted by Crippen LogP contribution is -2.35. The van der Waals surface area contributed by atoms with Gasteiger partial charge in [-0.2, -0.15) is 4.31 Å². The Morgan fingerprint density at radius 3 is 2.26 bits per heavy atom. The Balaban J connectivity index is 1.68. The fourth-order valence-electron chi connectivity index (χ4n) is 3.70. The third kappa shape index (κ3) is 5.87. The molecule has 1 heterocycles. The Labute approximate surface area is 200 Å². The zero-order valence-electron chi connectivity index (χ0n) is 20.0. The Morgan fingerprint density at radius 1 is 1.00 bits per heavy atom. The van der Waals surface area contributed by atoms with Gasteiger partial charge in [0, 0.05) is 31.8 Å². The van der Waals surface area contributed by atoms with E-state index in [0.29, 0.717) is 36.0 Å². The lowest BCUT2D eigenvalue weighted by atomic mass is 10.2. The molecule has 0 atom stereocenters. The molecule has 2 aromatic rings. The first-order chi connectivity index (χ1) is 16.3. The molecule has 0 radical (unpaired) electrons. The maximum atomic E-state index is 12.8. The Morgan fingerprint density at radius 2 is 1.68 bits per heavy atom. The number of carbonyl (C=O) groups is 1. The molecule has 1 N–H and O–H groups in total. The number of rotatable bonds is 9. The van der Waals surface area contributed by atoms with Crippen molar-refractivity contribution in [3.63, 3.8) is 0 Å². The summed E-state index contributed by atoms with van der Waals surface area (Å²) in [5, 5.41) is 2.80. The molecular weight excluding hydrogens is 458 g/mol. The fraction of sp³-hybridized carbons (Fsp3) is 0.417. The van der Waals surface area contributed by atoms with Crippen LogP contribution in [0.15, 0.2) is 46.3 Å². The number of nitrogens with zero attached hydrogens (tertiary/aromatic N) is 2. The van der Waals surface area contributed by atoms with Crippen LogP contribution >= 0.6 is 0 Å². The SMILES string of the molecule is COc1cc(N=C(C)C(=O)NCc2ccc(S(=O)(=O)N3CCCCC3)cc2)c(OC)c(OC)c1. The van der Waals surface area contributed by atoms with Gasteiger partial charge in [0.2, 0.25) is 10.0 Å². The van der Waals surface area contributed by atoms with E-state index in [1.54, 1.807) is 43.3 Å². The number of methoxy groups -OCH3 is 3. The maximum absolute atomic E-state index is 12.8. The molecule has 2 aromatic carbocycles. The fourth-order valence-corrected chi connectivity index (χ4v) is 5.21. The van der Waals surface area contributed by atoms with E-state index in [2.05, 4.69) is 10.3 Å². The first kappa shape index (κ1) is 25.5. The average molecular weight is 490 g/mol. The number of hydrogen-bond acceptors (Lipinski definition) is 7. The van der Waals surface area contributed by atoms with Crippen LogP contribution in [-0.2, 0) is 21.4 Å². The van der Waals surface area contributed by atoms with E-state index in [0.717, 1.165) is 24.8 Å². The van der Waals surface area contributed by atoms with E-state index in [1.807, 2.05) is 0 Å². The van der Waals surface area contributed by atoms with Gasteiger partial charge in [-0.05, 0) is 37.5 Å². The summed E-state index contributed by atoms with van der Waals surface area (Å²) in [4.78, 5) is 17.3. The van der Waals surface area contributed by atoms with Crippen LogP contribution in [0.1, 0.15) is 31.7 Å². The molecule has 3 rings (SSSR count). The lowest BCUT2D eigenvalue weighted by Gasteiger charge is -2.25. The number of aliphatic imine (C=N–C) groups is 1. The van der Waals surface area contributed by atoms with Gasteiger partial charge in [0.15, 0.2) is 11.5 Å². The molecule has 10 heteroatoms. The Kier molecular flexibility index (Phi) is 8.51. The van der Waals surface area contributed by atoms with Crippen molar-refractivity contribution in [1.29, 1.82) is 0 Å². The maximum Gasteiger partial charge on any atom is 0.265 e. The van der Waals surface area contributed by atoms with Crippen molar-refractivity contribution in [1.82, 2.24) is 9.62 Å². The second-order valence-corrected chi connectivity index (χ2v) is 9.81. The molecule has 1 amide bonds. The second-order valence-electron chi connectivity index (χ2n) is 7.87. The smallest absolute Gasteiger partial charge is 0.265 e. The highest BCUT2D eigenvalue weighted by molar-refractivity contribution is 7.89. The van der Waals surface area contributed by atoms with Crippen molar-refractivity contribution < 1.29 is 27.4 Å². The highest BCUT2D eigenvalue weighted by Gasteiger charge is 2.25. The van der Waals surface area contributed by atoms with Gasteiger partial charge < -0.3 is 19.5 Å². The third-order valence-electron chi connectivity index (χ3n) is 5.61. The summed E-state index contributed by atoms with van der Waals surface area (Å²) in [5.41, 5.74) is 1.40. The zero-order valence-corrected chi connectivity index (χ0v) is 20.8. The largest absolute Gasteiger partial charge is 0.497 e. The zero-order chi connectivity index (χ0) is 24.7. The van der Waals surface area contributed by atoms with Gasteiger partial charge in [-0.3, -0.25) is 4.79 Å². The Bertz CT molecular complexity index is 1140. The second kappa shape index (κ2) is 11.3. The Hall–Kier alpha value is -3.11. The van der Waals surface area contributed by atoms with Crippen LogP contribution in [0.4, 0.5) is 5.69 Å². The van der Waals surface area contributed by atoms with Crippen LogP contribution in [0, 0.1) is 0 Å². The number of amides is 1. The van der Waals surface area contributed by atoms with E-state index < -0.39 is 10.0 Å². The van der Waals surface area contributed by atoms with Crippen molar-refractivity contribution >= 4 is 27.3 Å². The summed E-state index contributed by atoms with van der Waals surface area (Å²) in [6, 6.07) is 9.90. The van der Waals surface area contributed by atoms with Gasteiger partial charge >= 0.3 is 0 Å². The van der Waals surface area contributed by atoms with Crippen LogP contribution < -0.4 is 19.5 Å². The molecule has 0 saturated carbocycles. The molecule has 184 valence electrons. The summed E-state index contributed by atoms with van der Waals surface area (Å²) in [5.74, 6) is 0.979. The van der Waals surface area contributed by atoms with Crippen molar-refractivity contribution in [2.45, 2.75) is 37.6 Å². The van der Waals surface area contributed by atoms with E-state index >= 15 is 0 Å². The van der Waals surface area contributed by atoms with Crippen molar-refractivity contribution in [2.75, 3.05) is 34.4 Å². The number of sulfonamides is 1. The highest BCUT2D eigenvalue weighted by atomic mass is 32.2. The van der Waals surface area contributed by atoms with Gasteiger partial charge in [-0.15, -0.1) is 0 Å². The minimum Gasteiger partial charge on any atom is -0.497 e. The van der Waals surface area contributed by atoms with E-state index in [-0.39, 0.29) is 23.1 Å². The third-order valence-corrected chi connectivity index (χ3v) is 7.53. The predicted molar refractivity (Wildman–Crippen MR) is 130 cm³/mol. The molecule has 1 saturated heterocycles. The van der Waals surface area contributed by atoms with Crippen molar-refractivity contribution in [3.8, 4) is 17.2 Å². The number of benzene rings is 2. The molecule has 0 spiro atoms. The average Bonchev–Trinajstić information content (AvgIpc) is 2.87. The normalized spacial score (nSPS) is 15.0.